The Kier molecular flexibility index (Phi) is 8.91. The number of aromatic nitrogens is 1. The lowest BCUT2D eigenvalue weighted by Gasteiger charge is -2.25. The fraction of sp³-hybridized carbons (Fsp3) is 0.182. The van der Waals surface area contributed by atoms with E-state index < -0.39 is 12.0 Å². The minimum Gasteiger partial charge on any atom is -0.490 e. The van der Waals surface area contributed by atoms with Crippen LogP contribution in [0.15, 0.2) is 88.2 Å². The van der Waals surface area contributed by atoms with Crippen molar-refractivity contribution in [2.75, 3.05) is 19.8 Å². The van der Waals surface area contributed by atoms with Crippen LogP contribution in [0.2, 0.25) is 5.02 Å². The molecule has 7 nitrogen and oxygen atoms in total. The maximum atomic E-state index is 14.1. The first-order valence-electron chi connectivity index (χ1n) is 13.3. The average molecular weight is 599 g/mol. The van der Waals surface area contributed by atoms with Crippen molar-refractivity contribution in [2.45, 2.75) is 19.9 Å². The second-order valence-electron chi connectivity index (χ2n) is 9.10. The van der Waals surface area contributed by atoms with Crippen LogP contribution in [0.25, 0.3) is 11.8 Å². The van der Waals surface area contributed by atoms with Crippen LogP contribution in [0, 0.1) is 12.3 Å². The van der Waals surface area contributed by atoms with Crippen molar-refractivity contribution in [3.05, 3.63) is 120 Å². The van der Waals surface area contributed by atoms with Crippen molar-refractivity contribution < 1.29 is 19.0 Å². The molecule has 9 heteroatoms. The first-order chi connectivity index (χ1) is 20.5. The van der Waals surface area contributed by atoms with Gasteiger partial charge in [0, 0.05) is 5.56 Å². The number of nitrogens with zero attached hydrogens (tertiary/aromatic N) is 2. The van der Waals surface area contributed by atoms with E-state index in [1.165, 1.54) is 11.3 Å². The lowest BCUT2D eigenvalue weighted by Crippen LogP contribution is -2.39. The maximum absolute atomic E-state index is 14.1. The lowest BCUT2D eigenvalue weighted by atomic mass is 9.93. The quantitative estimate of drug-likeness (QED) is 0.200. The molecule has 0 fully saturated rings. The van der Waals surface area contributed by atoms with E-state index in [-0.39, 0.29) is 18.8 Å². The minimum absolute atomic E-state index is 0.0315. The normalized spacial score (nSPS) is 14.5. The zero-order chi connectivity index (χ0) is 29.6. The van der Waals surface area contributed by atoms with Gasteiger partial charge in [0.15, 0.2) is 16.3 Å². The topological polar surface area (TPSA) is 79.1 Å². The molecule has 4 aromatic rings. The van der Waals surface area contributed by atoms with Crippen LogP contribution in [0.1, 0.15) is 36.6 Å². The van der Waals surface area contributed by atoms with Crippen LogP contribution < -0.4 is 24.4 Å². The van der Waals surface area contributed by atoms with Crippen LogP contribution in [-0.2, 0) is 9.53 Å². The Bertz CT molecular complexity index is 1870. The molecule has 0 aliphatic carbocycles. The number of ether oxygens (including phenoxy) is 3. The third-order valence-corrected chi connectivity index (χ3v) is 7.68. The van der Waals surface area contributed by atoms with E-state index in [2.05, 4.69) is 5.92 Å². The molecule has 3 aromatic carbocycles. The van der Waals surface area contributed by atoms with E-state index in [1.807, 2.05) is 67.6 Å². The number of carbonyl (C=O) groups excluding carboxylic acids is 1. The van der Waals surface area contributed by atoms with Gasteiger partial charge < -0.3 is 14.2 Å². The molecule has 0 N–H and O–H groups in total. The van der Waals surface area contributed by atoms with Crippen molar-refractivity contribution in [2.24, 2.45) is 4.99 Å². The Morgan fingerprint density at radius 3 is 2.45 bits per heavy atom. The summed E-state index contributed by atoms with van der Waals surface area (Å²) >= 11 is 7.76. The third kappa shape index (κ3) is 5.75. The van der Waals surface area contributed by atoms with Gasteiger partial charge in [-0.3, -0.25) is 9.36 Å². The second kappa shape index (κ2) is 12.9. The summed E-state index contributed by atoms with van der Waals surface area (Å²) in [5.41, 5.74) is 2.59. The van der Waals surface area contributed by atoms with Crippen LogP contribution in [0.4, 0.5) is 0 Å². The number of hydrogen-bond acceptors (Lipinski definition) is 7. The molecule has 0 spiro atoms. The fourth-order valence-electron chi connectivity index (χ4n) is 4.73. The average Bonchev–Trinajstić information content (AvgIpc) is 3.31. The number of rotatable bonds is 9. The van der Waals surface area contributed by atoms with Crippen LogP contribution in [-0.4, -0.2) is 30.4 Å². The summed E-state index contributed by atoms with van der Waals surface area (Å²) in [7, 11) is 0. The monoisotopic (exact) mass is 598 g/mol. The Morgan fingerprint density at radius 1 is 1.07 bits per heavy atom. The zero-order valence-corrected chi connectivity index (χ0v) is 24.6. The maximum Gasteiger partial charge on any atom is 0.338 e. The van der Waals surface area contributed by atoms with Crippen LogP contribution >= 0.6 is 22.9 Å². The van der Waals surface area contributed by atoms with E-state index in [0.717, 1.165) is 11.1 Å². The van der Waals surface area contributed by atoms with Gasteiger partial charge in [-0.2, -0.15) is 0 Å². The second-order valence-corrected chi connectivity index (χ2v) is 10.5. The molecule has 5 rings (SSSR count). The number of carbonyl (C=O) groups is 1. The summed E-state index contributed by atoms with van der Waals surface area (Å²) in [6.07, 6.45) is 7.07. The molecule has 2 heterocycles. The summed E-state index contributed by atoms with van der Waals surface area (Å²) in [6, 6.07) is 21.5. The van der Waals surface area contributed by atoms with Gasteiger partial charge in [-0.1, -0.05) is 89.5 Å². The zero-order valence-electron chi connectivity index (χ0n) is 23.0. The molecular formula is C33H27ClN2O5S. The van der Waals surface area contributed by atoms with Crippen molar-refractivity contribution in [3.8, 4) is 23.8 Å². The number of hydrogen-bond donors (Lipinski definition) is 0. The molecule has 212 valence electrons. The molecular weight excluding hydrogens is 572 g/mol. The molecule has 1 atom stereocenters. The standard InChI is InChI=1S/C33H27ClN2O5S/c1-4-17-41-30-24(34)18-21(19-25(30)39-5-2)20-26-31(37)36-29(23-15-11-8-12-16-23)27(32(38)40-6-3)28(35-33(36)42-26)22-13-9-7-10-14-22/h1,7-16,18-20,29H,5-6,17H2,2-3H3/b26-20-/t29-/m0/s1. The molecule has 42 heavy (non-hydrogen) atoms. The largest absolute Gasteiger partial charge is 0.490 e. The predicted octanol–water partition coefficient (Wildman–Crippen LogP) is 5.00. The Morgan fingerprint density at radius 2 is 1.79 bits per heavy atom. The van der Waals surface area contributed by atoms with Gasteiger partial charge in [0.25, 0.3) is 5.56 Å². The van der Waals surface area contributed by atoms with Crippen molar-refractivity contribution in [1.82, 2.24) is 4.57 Å². The first-order valence-corrected chi connectivity index (χ1v) is 14.5. The molecule has 1 aliphatic rings. The van der Waals surface area contributed by atoms with Gasteiger partial charge in [0.05, 0.1) is 40.1 Å². The Labute approximate surface area is 252 Å². The highest BCUT2D eigenvalue weighted by Gasteiger charge is 2.35. The minimum atomic E-state index is -0.749. The molecule has 0 bridgehead atoms. The number of halogens is 1. The van der Waals surface area contributed by atoms with Crippen molar-refractivity contribution in [3.63, 3.8) is 0 Å². The first kappa shape index (κ1) is 28.9. The number of thiazole rings is 1. The van der Waals surface area contributed by atoms with Crippen LogP contribution in [0.3, 0.4) is 0 Å². The van der Waals surface area contributed by atoms with Gasteiger partial charge in [-0.05, 0) is 43.2 Å². The predicted molar refractivity (Wildman–Crippen MR) is 164 cm³/mol. The van der Waals surface area contributed by atoms with Gasteiger partial charge in [-0.25, -0.2) is 9.79 Å². The van der Waals surface area contributed by atoms with Crippen LogP contribution in [0.5, 0.6) is 11.5 Å². The van der Waals surface area contributed by atoms with Gasteiger partial charge >= 0.3 is 5.97 Å². The van der Waals surface area contributed by atoms with E-state index in [0.29, 0.717) is 49.3 Å². The van der Waals surface area contributed by atoms with Crippen molar-refractivity contribution >= 4 is 40.7 Å². The lowest BCUT2D eigenvalue weighted by molar-refractivity contribution is -0.138. The van der Waals surface area contributed by atoms with E-state index in [1.54, 1.807) is 29.7 Å². The molecule has 0 amide bonds. The highest BCUT2D eigenvalue weighted by molar-refractivity contribution is 7.07. The van der Waals surface area contributed by atoms with E-state index in [9.17, 15) is 9.59 Å². The number of esters is 1. The summed E-state index contributed by atoms with van der Waals surface area (Å²) in [4.78, 5) is 32.9. The van der Waals surface area contributed by atoms with Gasteiger partial charge in [0.1, 0.15) is 6.61 Å². The molecule has 0 saturated carbocycles. The molecule has 1 aliphatic heterocycles. The summed E-state index contributed by atoms with van der Waals surface area (Å²) in [5.74, 6) is 2.64. The number of benzene rings is 3. The summed E-state index contributed by atoms with van der Waals surface area (Å²) in [5, 5.41) is 0.299. The Balaban J connectivity index is 1.75. The van der Waals surface area contributed by atoms with Gasteiger partial charge in [0.2, 0.25) is 0 Å². The SMILES string of the molecule is C#CCOc1c(Cl)cc(/C=c2\sc3n(c2=O)[C@@H](c2ccccc2)C(C(=O)OCC)=C(c2ccccc2)N=3)cc1OCC. The summed E-state index contributed by atoms with van der Waals surface area (Å²) < 4.78 is 18.8. The molecule has 0 radical (unpaired) electrons. The molecule has 1 aromatic heterocycles. The van der Waals surface area contributed by atoms with E-state index in [4.69, 9.17) is 37.2 Å². The fourth-order valence-corrected chi connectivity index (χ4v) is 6.01. The van der Waals surface area contributed by atoms with E-state index >= 15 is 0 Å². The summed E-state index contributed by atoms with van der Waals surface area (Å²) in [6.45, 7) is 4.19. The number of terminal acetylenes is 1. The molecule has 0 unspecified atom stereocenters. The Hall–Kier alpha value is -4.58. The highest BCUT2D eigenvalue weighted by Crippen LogP contribution is 2.37. The highest BCUT2D eigenvalue weighted by atomic mass is 35.5. The molecule has 0 saturated heterocycles. The third-order valence-electron chi connectivity index (χ3n) is 6.42. The van der Waals surface area contributed by atoms with Gasteiger partial charge in [-0.15, -0.1) is 6.42 Å². The van der Waals surface area contributed by atoms with Crippen molar-refractivity contribution in [1.29, 1.82) is 0 Å². The number of fused-ring (bicyclic) bond motifs is 1. The smallest absolute Gasteiger partial charge is 0.338 e.